The zero-order chi connectivity index (χ0) is 14.8. The molecule has 5 nitrogen and oxygen atoms in total. The van der Waals surface area contributed by atoms with E-state index in [1.54, 1.807) is 36.1 Å². The molecule has 0 aliphatic heterocycles. The van der Waals surface area contributed by atoms with Gasteiger partial charge >= 0.3 is 0 Å². The summed E-state index contributed by atoms with van der Waals surface area (Å²) in [6.45, 7) is 1.75. The van der Waals surface area contributed by atoms with Crippen molar-refractivity contribution in [2.24, 2.45) is 5.84 Å². The summed E-state index contributed by atoms with van der Waals surface area (Å²) in [4.78, 5) is 16.1. The SMILES string of the molecule is Cc1oc(CSc2nc3ccccc3s2)cc1C(=O)NN. The third-order valence-corrected chi connectivity index (χ3v) is 5.16. The molecule has 0 radical (unpaired) electrons. The average molecular weight is 319 g/mol. The molecule has 3 rings (SSSR count). The van der Waals surface area contributed by atoms with Gasteiger partial charge in [-0.3, -0.25) is 10.2 Å². The molecule has 108 valence electrons. The molecule has 0 saturated carbocycles. The minimum Gasteiger partial charge on any atom is -0.465 e. The van der Waals surface area contributed by atoms with E-state index in [0.717, 1.165) is 15.6 Å². The number of thiazole rings is 1. The highest BCUT2D eigenvalue weighted by molar-refractivity contribution is 8.00. The number of nitrogen functional groups attached to an aromatic ring is 1. The first-order valence-electron chi connectivity index (χ1n) is 6.26. The second kappa shape index (κ2) is 5.88. The molecule has 2 heterocycles. The minimum atomic E-state index is -0.340. The number of fused-ring (bicyclic) bond motifs is 1. The van der Waals surface area contributed by atoms with Crippen LogP contribution in [0.15, 0.2) is 39.1 Å². The van der Waals surface area contributed by atoms with Crippen LogP contribution in [0.4, 0.5) is 0 Å². The number of amides is 1. The van der Waals surface area contributed by atoms with Crippen molar-refractivity contribution in [3.63, 3.8) is 0 Å². The Kier molecular flexibility index (Phi) is 3.96. The fourth-order valence-corrected chi connectivity index (χ4v) is 3.91. The largest absolute Gasteiger partial charge is 0.465 e. The lowest BCUT2D eigenvalue weighted by Crippen LogP contribution is -2.30. The highest BCUT2D eigenvalue weighted by Gasteiger charge is 2.14. The first kappa shape index (κ1) is 14.1. The van der Waals surface area contributed by atoms with E-state index in [2.05, 4.69) is 16.5 Å². The van der Waals surface area contributed by atoms with E-state index in [-0.39, 0.29) is 5.91 Å². The van der Waals surface area contributed by atoms with Crippen LogP contribution in [0.25, 0.3) is 10.2 Å². The fraction of sp³-hybridized carbons (Fsp3) is 0.143. The Morgan fingerprint density at radius 2 is 2.29 bits per heavy atom. The lowest BCUT2D eigenvalue weighted by atomic mass is 10.2. The molecule has 0 saturated heterocycles. The molecule has 3 aromatic rings. The average Bonchev–Trinajstić information content (AvgIpc) is 3.07. The molecule has 0 fully saturated rings. The van der Waals surface area contributed by atoms with Crippen molar-refractivity contribution >= 4 is 39.2 Å². The lowest BCUT2D eigenvalue weighted by molar-refractivity contribution is 0.0952. The van der Waals surface area contributed by atoms with E-state index in [9.17, 15) is 4.79 Å². The number of para-hydroxylation sites is 1. The first-order chi connectivity index (χ1) is 10.2. The Morgan fingerprint density at radius 1 is 1.48 bits per heavy atom. The number of carbonyl (C=O) groups is 1. The van der Waals surface area contributed by atoms with Crippen LogP contribution in [-0.4, -0.2) is 10.9 Å². The Labute approximate surface area is 129 Å². The van der Waals surface area contributed by atoms with E-state index in [4.69, 9.17) is 10.3 Å². The smallest absolute Gasteiger partial charge is 0.268 e. The molecular weight excluding hydrogens is 306 g/mol. The van der Waals surface area contributed by atoms with Gasteiger partial charge in [0.05, 0.1) is 21.5 Å². The number of aryl methyl sites for hydroxylation is 1. The highest BCUT2D eigenvalue weighted by Crippen LogP contribution is 2.32. The summed E-state index contributed by atoms with van der Waals surface area (Å²) in [6, 6.07) is 9.75. The zero-order valence-electron chi connectivity index (χ0n) is 11.3. The van der Waals surface area contributed by atoms with Crippen LogP contribution in [0.5, 0.6) is 0 Å². The summed E-state index contributed by atoms with van der Waals surface area (Å²) in [7, 11) is 0. The molecule has 2 aromatic heterocycles. The number of furan rings is 1. The molecule has 0 aliphatic rings. The van der Waals surface area contributed by atoms with Crippen molar-refractivity contribution in [2.45, 2.75) is 17.0 Å². The molecule has 21 heavy (non-hydrogen) atoms. The van der Waals surface area contributed by atoms with Crippen molar-refractivity contribution in [2.75, 3.05) is 0 Å². The van der Waals surface area contributed by atoms with Crippen LogP contribution >= 0.6 is 23.1 Å². The Hall–Kier alpha value is -1.83. The summed E-state index contributed by atoms with van der Waals surface area (Å²) >= 11 is 3.24. The molecule has 3 N–H and O–H groups in total. The van der Waals surface area contributed by atoms with Gasteiger partial charge in [0.25, 0.3) is 5.91 Å². The van der Waals surface area contributed by atoms with Gasteiger partial charge in [0.2, 0.25) is 0 Å². The molecule has 1 aromatic carbocycles. The van der Waals surface area contributed by atoms with Gasteiger partial charge in [-0.25, -0.2) is 10.8 Å². The van der Waals surface area contributed by atoms with Crippen molar-refractivity contribution < 1.29 is 9.21 Å². The van der Waals surface area contributed by atoms with E-state index >= 15 is 0 Å². The number of nitrogens with one attached hydrogen (secondary N) is 1. The predicted molar refractivity (Wildman–Crippen MR) is 84.3 cm³/mol. The number of rotatable bonds is 4. The van der Waals surface area contributed by atoms with Gasteiger partial charge < -0.3 is 4.42 Å². The number of aromatic nitrogens is 1. The standard InChI is InChI=1S/C14H13N3O2S2/c1-8-10(13(18)17-15)6-9(19-8)7-20-14-16-11-4-2-3-5-12(11)21-14/h2-6H,7,15H2,1H3,(H,17,18). The molecule has 1 amide bonds. The lowest BCUT2D eigenvalue weighted by Gasteiger charge is -1.93. The number of thioether (sulfide) groups is 1. The second-order valence-corrected chi connectivity index (χ2v) is 6.65. The van der Waals surface area contributed by atoms with Gasteiger partial charge in [-0.1, -0.05) is 23.9 Å². The maximum absolute atomic E-state index is 11.5. The van der Waals surface area contributed by atoms with Gasteiger partial charge in [-0.15, -0.1) is 11.3 Å². The Balaban J connectivity index is 1.74. The quantitative estimate of drug-likeness (QED) is 0.334. The number of benzene rings is 1. The minimum absolute atomic E-state index is 0.340. The summed E-state index contributed by atoms with van der Waals surface area (Å²) < 4.78 is 7.72. The van der Waals surface area contributed by atoms with E-state index in [1.165, 1.54) is 4.70 Å². The van der Waals surface area contributed by atoms with Crippen molar-refractivity contribution in [3.8, 4) is 0 Å². The summed E-state index contributed by atoms with van der Waals surface area (Å²) in [6.07, 6.45) is 0. The molecule has 0 aliphatic carbocycles. The van der Waals surface area contributed by atoms with Gasteiger partial charge in [-0.05, 0) is 25.1 Å². The van der Waals surface area contributed by atoms with Gasteiger partial charge in [0.15, 0.2) is 4.34 Å². The van der Waals surface area contributed by atoms with Crippen molar-refractivity contribution in [3.05, 3.63) is 47.4 Å². The molecular formula is C14H13N3O2S2. The highest BCUT2D eigenvalue weighted by atomic mass is 32.2. The van der Waals surface area contributed by atoms with Crippen LogP contribution in [0.3, 0.4) is 0 Å². The number of hydrazine groups is 1. The van der Waals surface area contributed by atoms with Gasteiger partial charge in [0, 0.05) is 0 Å². The van der Waals surface area contributed by atoms with E-state index in [1.807, 2.05) is 18.2 Å². The topological polar surface area (TPSA) is 81.2 Å². The molecule has 0 atom stereocenters. The molecule has 0 spiro atoms. The Morgan fingerprint density at radius 3 is 3.05 bits per heavy atom. The maximum atomic E-state index is 11.5. The van der Waals surface area contributed by atoms with Gasteiger partial charge in [0.1, 0.15) is 11.5 Å². The summed E-state index contributed by atoms with van der Waals surface area (Å²) in [5.74, 6) is 6.72. The molecule has 0 bridgehead atoms. The van der Waals surface area contributed by atoms with Gasteiger partial charge in [-0.2, -0.15) is 0 Å². The van der Waals surface area contributed by atoms with E-state index < -0.39 is 0 Å². The zero-order valence-corrected chi connectivity index (χ0v) is 12.9. The van der Waals surface area contributed by atoms with E-state index in [0.29, 0.717) is 17.1 Å². The summed E-state index contributed by atoms with van der Waals surface area (Å²) in [5.41, 5.74) is 3.58. The normalized spacial score (nSPS) is 11.0. The third-order valence-electron chi connectivity index (χ3n) is 2.96. The Bertz CT molecular complexity index is 761. The predicted octanol–water partition coefficient (Wildman–Crippen LogP) is 3.09. The first-order valence-corrected chi connectivity index (χ1v) is 8.06. The number of carbonyl (C=O) groups excluding carboxylic acids is 1. The van der Waals surface area contributed by atoms with Crippen LogP contribution in [0, 0.1) is 6.92 Å². The second-order valence-electron chi connectivity index (χ2n) is 4.39. The van der Waals surface area contributed by atoms with Crippen LogP contribution < -0.4 is 11.3 Å². The number of hydrogen-bond acceptors (Lipinski definition) is 6. The molecule has 0 unspecified atom stereocenters. The van der Waals surface area contributed by atoms with Crippen molar-refractivity contribution in [1.29, 1.82) is 0 Å². The van der Waals surface area contributed by atoms with Crippen LogP contribution in [0.1, 0.15) is 21.9 Å². The fourth-order valence-electron chi connectivity index (χ4n) is 1.96. The number of hydrogen-bond donors (Lipinski definition) is 2. The number of nitrogens with zero attached hydrogens (tertiary/aromatic N) is 1. The van der Waals surface area contributed by atoms with Crippen molar-refractivity contribution in [1.82, 2.24) is 10.4 Å². The monoisotopic (exact) mass is 319 g/mol. The number of nitrogens with two attached hydrogens (primary N) is 1. The van der Waals surface area contributed by atoms with Crippen LogP contribution in [0.2, 0.25) is 0 Å². The molecule has 7 heteroatoms. The third kappa shape index (κ3) is 2.94. The maximum Gasteiger partial charge on any atom is 0.268 e. The summed E-state index contributed by atoms with van der Waals surface area (Å²) in [5, 5.41) is 0. The van der Waals surface area contributed by atoms with Crippen LogP contribution in [-0.2, 0) is 5.75 Å².